The van der Waals surface area contributed by atoms with E-state index >= 15 is 0 Å². The van der Waals surface area contributed by atoms with E-state index in [2.05, 4.69) is 20.8 Å². The van der Waals surface area contributed by atoms with E-state index in [0.717, 1.165) is 19.3 Å². The van der Waals surface area contributed by atoms with Crippen LogP contribution in [0, 0.1) is 16.7 Å². The van der Waals surface area contributed by atoms with Gasteiger partial charge in [-0.15, -0.1) is 0 Å². The SMILES string of the molecule is CC1(C)CCC(=O)C2(C)CC2C1. The summed E-state index contributed by atoms with van der Waals surface area (Å²) in [6.07, 6.45) is 4.34. The molecule has 0 spiro atoms. The Morgan fingerprint density at radius 3 is 2.58 bits per heavy atom. The third-order valence-electron chi connectivity index (χ3n) is 3.88. The largest absolute Gasteiger partial charge is 0.299 e. The normalized spacial score (nSPS) is 44.9. The van der Waals surface area contributed by atoms with Gasteiger partial charge in [0.25, 0.3) is 0 Å². The van der Waals surface area contributed by atoms with Crippen LogP contribution in [0.5, 0.6) is 0 Å². The lowest BCUT2D eigenvalue weighted by Crippen LogP contribution is -2.12. The van der Waals surface area contributed by atoms with Gasteiger partial charge in [0.05, 0.1) is 0 Å². The molecule has 0 amide bonds. The molecule has 1 nitrogen and oxygen atoms in total. The van der Waals surface area contributed by atoms with Crippen molar-refractivity contribution in [2.45, 2.75) is 46.5 Å². The third kappa shape index (κ3) is 1.10. The molecule has 0 aromatic heterocycles. The molecule has 12 heavy (non-hydrogen) atoms. The van der Waals surface area contributed by atoms with Crippen molar-refractivity contribution in [3.63, 3.8) is 0 Å². The minimum Gasteiger partial charge on any atom is -0.299 e. The number of carbonyl (C=O) groups is 1. The summed E-state index contributed by atoms with van der Waals surface area (Å²) in [6, 6.07) is 0. The van der Waals surface area contributed by atoms with Crippen LogP contribution in [0.3, 0.4) is 0 Å². The zero-order valence-electron chi connectivity index (χ0n) is 8.31. The van der Waals surface area contributed by atoms with Crippen molar-refractivity contribution in [3.05, 3.63) is 0 Å². The van der Waals surface area contributed by atoms with Gasteiger partial charge in [0.2, 0.25) is 0 Å². The summed E-state index contributed by atoms with van der Waals surface area (Å²) in [5, 5.41) is 0. The first kappa shape index (κ1) is 8.28. The Labute approximate surface area is 74.5 Å². The van der Waals surface area contributed by atoms with E-state index in [9.17, 15) is 4.79 Å². The number of fused-ring (bicyclic) bond motifs is 1. The summed E-state index contributed by atoms with van der Waals surface area (Å²) in [6.45, 7) is 6.75. The molecule has 2 aliphatic rings. The molecule has 0 N–H and O–H groups in total. The first-order valence-corrected chi connectivity index (χ1v) is 4.97. The monoisotopic (exact) mass is 166 g/mol. The van der Waals surface area contributed by atoms with Gasteiger partial charge in [-0.05, 0) is 30.6 Å². The van der Waals surface area contributed by atoms with Crippen LogP contribution in [-0.4, -0.2) is 5.78 Å². The van der Waals surface area contributed by atoms with Gasteiger partial charge in [-0.2, -0.15) is 0 Å². The summed E-state index contributed by atoms with van der Waals surface area (Å²) < 4.78 is 0. The number of ketones is 1. The van der Waals surface area contributed by atoms with Gasteiger partial charge < -0.3 is 0 Å². The molecule has 2 saturated carbocycles. The average Bonchev–Trinajstić information content (AvgIpc) is 2.57. The van der Waals surface area contributed by atoms with Gasteiger partial charge in [-0.1, -0.05) is 20.8 Å². The second kappa shape index (κ2) is 2.12. The Balaban J connectivity index is 2.18. The standard InChI is InChI=1S/C11H18O/c1-10(2)5-4-9(12)11(3)7-8(11)6-10/h8H,4-7H2,1-3H3. The highest BCUT2D eigenvalue weighted by Gasteiger charge is 2.57. The second-order valence-electron chi connectivity index (χ2n) is 5.61. The molecule has 0 radical (unpaired) electrons. The molecule has 1 heteroatoms. The molecule has 0 heterocycles. The number of hydrogen-bond acceptors (Lipinski definition) is 1. The van der Waals surface area contributed by atoms with Crippen molar-refractivity contribution in [1.82, 2.24) is 0 Å². The van der Waals surface area contributed by atoms with Gasteiger partial charge >= 0.3 is 0 Å². The predicted molar refractivity (Wildman–Crippen MR) is 48.9 cm³/mol. The first-order valence-electron chi connectivity index (χ1n) is 4.97. The highest BCUT2D eigenvalue weighted by Crippen LogP contribution is 2.60. The molecule has 0 aromatic rings. The van der Waals surface area contributed by atoms with Gasteiger partial charge in [0, 0.05) is 11.8 Å². The Morgan fingerprint density at radius 1 is 1.25 bits per heavy atom. The first-order chi connectivity index (χ1) is 5.44. The minimum absolute atomic E-state index is 0.105. The molecular weight excluding hydrogens is 148 g/mol. The van der Waals surface area contributed by atoms with Crippen LogP contribution in [0.25, 0.3) is 0 Å². The molecule has 2 unspecified atom stereocenters. The quantitative estimate of drug-likeness (QED) is 0.541. The molecule has 2 aliphatic carbocycles. The molecule has 2 rings (SSSR count). The Hall–Kier alpha value is -0.330. The van der Waals surface area contributed by atoms with E-state index in [0.29, 0.717) is 17.1 Å². The summed E-state index contributed by atoms with van der Waals surface area (Å²) in [4.78, 5) is 11.7. The summed E-state index contributed by atoms with van der Waals surface area (Å²) in [7, 11) is 0. The van der Waals surface area contributed by atoms with E-state index < -0.39 is 0 Å². The van der Waals surface area contributed by atoms with Crippen LogP contribution in [-0.2, 0) is 4.79 Å². The number of hydrogen-bond donors (Lipinski definition) is 0. The van der Waals surface area contributed by atoms with Crippen LogP contribution in [0.2, 0.25) is 0 Å². The van der Waals surface area contributed by atoms with E-state index in [1.54, 1.807) is 0 Å². The fourth-order valence-corrected chi connectivity index (χ4v) is 2.60. The Kier molecular flexibility index (Phi) is 1.47. The fourth-order valence-electron chi connectivity index (χ4n) is 2.60. The lowest BCUT2D eigenvalue weighted by Gasteiger charge is -2.21. The molecule has 0 bridgehead atoms. The van der Waals surface area contributed by atoms with E-state index in [4.69, 9.17) is 0 Å². The van der Waals surface area contributed by atoms with Crippen LogP contribution >= 0.6 is 0 Å². The lowest BCUT2D eigenvalue weighted by molar-refractivity contribution is -0.123. The van der Waals surface area contributed by atoms with Crippen molar-refractivity contribution >= 4 is 5.78 Å². The number of Topliss-reactive ketones (excluding diaryl/α,β-unsaturated/α-hetero) is 1. The van der Waals surface area contributed by atoms with Gasteiger partial charge in [0.15, 0.2) is 0 Å². The van der Waals surface area contributed by atoms with Crippen LogP contribution in [0.1, 0.15) is 46.5 Å². The minimum atomic E-state index is 0.105. The molecule has 68 valence electrons. The Morgan fingerprint density at radius 2 is 1.92 bits per heavy atom. The zero-order chi connectivity index (χ0) is 8.98. The van der Waals surface area contributed by atoms with Crippen LogP contribution < -0.4 is 0 Å². The summed E-state index contributed by atoms with van der Waals surface area (Å²) in [5.41, 5.74) is 0.516. The number of rotatable bonds is 0. The van der Waals surface area contributed by atoms with Crippen molar-refractivity contribution in [2.75, 3.05) is 0 Å². The molecule has 0 saturated heterocycles. The summed E-state index contributed by atoms with van der Waals surface area (Å²) >= 11 is 0. The molecule has 2 fully saturated rings. The van der Waals surface area contributed by atoms with Gasteiger partial charge in [-0.3, -0.25) is 4.79 Å². The maximum atomic E-state index is 11.7. The maximum Gasteiger partial charge on any atom is 0.139 e. The fraction of sp³-hybridized carbons (Fsp3) is 0.909. The van der Waals surface area contributed by atoms with Crippen molar-refractivity contribution in [2.24, 2.45) is 16.7 Å². The van der Waals surface area contributed by atoms with E-state index in [-0.39, 0.29) is 5.41 Å². The predicted octanol–water partition coefficient (Wildman–Crippen LogP) is 2.79. The summed E-state index contributed by atoms with van der Waals surface area (Å²) in [5.74, 6) is 1.24. The van der Waals surface area contributed by atoms with Crippen molar-refractivity contribution < 1.29 is 4.79 Å². The number of carbonyl (C=O) groups excluding carboxylic acids is 1. The zero-order valence-corrected chi connectivity index (χ0v) is 8.31. The van der Waals surface area contributed by atoms with E-state index in [1.807, 2.05) is 0 Å². The highest BCUT2D eigenvalue weighted by molar-refractivity contribution is 5.87. The average molecular weight is 166 g/mol. The van der Waals surface area contributed by atoms with Gasteiger partial charge in [0.1, 0.15) is 5.78 Å². The van der Waals surface area contributed by atoms with Crippen molar-refractivity contribution in [1.29, 1.82) is 0 Å². The highest BCUT2D eigenvalue weighted by atomic mass is 16.1. The topological polar surface area (TPSA) is 17.1 Å². The van der Waals surface area contributed by atoms with Crippen LogP contribution in [0.4, 0.5) is 0 Å². The van der Waals surface area contributed by atoms with Crippen LogP contribution in [0.15, 0.2) is 0 Å². The molecule has 2 atom stereocenters. The van der Waals surface area contributed by atoms with Gasteiger partial charge in [-0.25, -0.2) is 0 Å². The molecular formula is C11H18O. The van der Waals surface area contributed by atoms with Crippen molar-refractivity contribution in [3.8, 4) is 0 Å². The maximum absolute atomic E-state index is 11.7. The third-order valence-corrected chi connectivity index (χ3v) is 3.88. The second-order valence-corrected chi connectivity index (χ2v) is 5.61. The Bertz CT molecular complexity index is 229. The molecule has 0 aliphatic heterocycles. The van der Waals surface area contributed by atoms with E-state index in [1.165, 1.54) is 6.42 Å². The molecule has 0 aromatic carbocycles. The lowest BCUT2D eigenvalue weighted by atomic mass is 9.84. The smallest absolute Gasteiger partial charge is 0.139 e.